The van der Waals surface area contributed by atoms with Crippen LogP contribution in [0.5, 0.6) is 0 Å². The van der Waals surface area contributed by atoms with Crippen LogP contribution in [0.1, 0.15) is 42.0 Å². The first kappa shape index (κ1) is 15.5. The number of furan rings is 1. The van der Waals surface area contributed by atoms with E-state index in [1.54, 1.807) is 12.1 Å². The molecule has 2 saturated heterocycles. The smallest absolute Gasteiger partial charge is 0.374 e. The lowest BCUT2D eigenvalue weighted by atomic mass is 10.2. The summed E-state index contributed by atoms with van der Waals surface area (Å²) in [5.74, 6) is 0.358. The largest absolute Gasteiger partial charge is 0.457 e. The first-order chi connectivity index (χ1) is 10.8. The summed E-state index contributed by atoms with van der Waals surface area (Å²) < 4.78 is 27.1. The summed E-state index contributed by atoms with van der Waals surface area (Å²) in [6.07, 6.45) is 4.30. The third kappa shape index (κ3) is 4.32. The lowest BCUT2D eigenvalue weighted by Crippen LogP contribution is -2.17. The summed E-state index contributed by atoms with van der Waals surface area (Å²) in [6.45, 7) is 2.73. The highest BCUT2D eigenvalue weighted by molar-refractivity contribution is 5.86. The topological polar surface area (TPSA) is 67.1 Å². The van der Waals surface area contributed by atoms with E-state index in [4.69, 9.17) is 23.4 Å². The third-order valence-electron chi connectivity index (χ3n) is 3.86. The average Bonchev–Trinajstić information content (AvgIpc) is 3.27. The minimum Gasteiger partial charge on any atom is -0.457 e. The van der Waals surface area contributed by atoms with E-state index in [1.165, 1.54) is 0 Å². The normalized spacial score (nSPS) is 24.7. The molecular weight excluding hydrogens is 288 g/mol. The number of carbonyl (C=O) groups is 1. The van der Waals surface area contributed by atoms with Crippen LogP contribution in [0.3, 0.4) is 0 Å². The molecule has 6 nitrogen and oxygen atoms in total. The number of hydrogen-bond donors (Lipinski definition) is 0. The maximum absolute atomic E-state index is 11.9. The fourth-order valence-corrected chi connectivity index (χ4v) is 2.65. The van der Waals surface area contributed by atoms with Crippen molar-refractivity contribution >= 4 is 5.97 Å². The highest BCUT2D eigenvalue weighted by Crippen LogP contribution is 2.16. The standard InChI is InChI=1S/C16H22O6/c17-16(21-11-13-4-2-8-20-13)15-6-5-14(22-15)10-18-9-12-3-1-7-19-12/h5-6,12-13H,1-4,7-11H2. The molecule has 0 spiro atoms. The van der Waals surface area contributed by atoms with Crippen LogP contribution in [0.25, 0.3) is 0 Å². The Morgan fingerprint density at radius 3 is 2.50 bits per heavy atom. The summed E-state index contributed by atoms with van der Waals surface area (Å²) in [5.41, 5.74) is 0. The Labute approximate surface area is 129 Å². The Bertz CT molecular complexity index is 471. The lowest BCUT2D eigenvalue weighted by Gasteiger charge is -2.09. The van der Waals surface area contributed by atoms with Gasteiger partial charge in [0.1, 0.15) is 19.0 Å². The zero-order valence-electron chi connectivity index (χ0n) is 12.6. The molecule has 6 heteroatoms. The molecule has 2 atom stereocenters. The Morgan fingerprint density at radius 2 is 1.82 bits per heavy atom. The Kier molecular flexibility index (Phi) is 5.48. The molecule has 3 heterocycles. The number of esters is 1. The molecule has 0 bridgehead atoms. The maximum Gasteiger partial charge on any atom is 0.374 e. The molecule has 3 rings (SSSR count). The van der Waals surface area contributed by atoms with Crippen molar-refractivity contribution in [1.29, 1.82) is 0 Å². The second-order valence-corrected chi connectivity index (χ2v) is 5.65. The van der Waals surface area contributed by atoms with E-state index >= 15 is 0 Å². The predicted octanol–water partition coefficient (Wildman–Crippen LogP) is 2.31. The molecule has 2 aliphatic heterocycles. The van der Waals surface area contributed by atoms with Crippen LogP contribution in [0, 0.1) is 0 Å². The summed E-state index contributed by atoms with van der Waals surface area (Å²) >= 11 is 0. The van der Waals surface area contributed by atoms with Crippen molar-refractivity contribution in [3.8, 4) is 0 Å². The van der Waals surface area contributed by atoms with Crippen molar-refractivity contribution in [2.45, 2.75) is 44.5 Å². The molecule has 1 aromatic heterocycles. The van der Waals surface area contributed by atoms with Gasteiger partial charge < -0.3 is 23.4 Å². The van der Waals surface area contributed by atoms with Gasteiger partial charge in [-0.3, -0.25) is 0 Å². The fraction of sp³-hybridized carbons (Fsp3) is 0.688. The number of hydrogen-bond acceptors (Lipinski definition) is 6. The highest BCUT2D eigenvalue weighted by atomic mass is 16.6. The van der Waals surface area contributed by atoms with Crippen LogP contribution >= 0.6 is 0 Å². The summed E-state index contributed by atoms with van der Waals surface area (Å²) in [6, 6.07) is 3.35. The second kappa shape index (κ2) is 7.76. The van der Waals surface area contributed by atoms with Gasteiger partial charge in [-0.05, 0) is 37.8 Å². The van der Waals surface area contributed by atoms with Gasteiger partial charge in [0.15, 0.2) is 0 Å². The molecule has 22 heavy (non-hydrogen) atoms. The molecule has 2 fully saturated rings. The molecule has 0 N–H and O–H groups in total. The van der Waals surface area contributed by atoms with Crippen LogP contribution in [-0.2, 0) is 25.6 Å². The van der Waals surface area contributed by atoms with E-state index < -0.39 is 5.97 Å². The van der Waals surface area contributed by atoms with Gasteiger partial charge >= 0.3 is 5.97 Å². The molecule has 1 aromatic rings. The van der Waals surface area contributed by atoms with E-state index in [2.05, 4.69) is 0 Å². The average molecular weight is 310 g/mol. The first-order valence-corrected chi connectivity index (χ1v) is 7.88. The molecular formula is C16H22O6. The van der Waals surface area contributed by atoms with Gasteiger partial charge in [0, 0.05) is 13.2 Å². The molecule has 2 unspecified atom stereocenters. The van der Waals surface area contributed by atoms with Crippen molar-refractivity contribution in [2.75, 3.05) is 26.4 Å². The quantitative estimate of drug-likeness (QED) is 0.720. The number of carbonyl (C=O) groups excluding carboxylic acids is 1. The van der Waals surface area contributed by atoms with E-state index in [1.807, 2.05) is 0 Å². The van der Waals surface area contributed by atoms with Gasteiger partial charge in [-0.15, -0.1) is 0 Å². The summed E-state index contributed by atoms with van der Waals surface area (Å²) in [4.78, 5) is 11.9. The third-order valence-corrected chi connectivity index (χ3v) is 3.86. The monoisotopic (exact) mass is 310 g/mol. The van der Waals surface area contributed by atoms with Crippen LogP contribution in [-0.4, -0.2) is 44.6 Å². The molecule has 0 aromatic carbocycles. The molecule has 0 saturated carbocycles. The highest BCUT2D eigenvalue weighted by Gasteiger charge is 2.20. The second-order valence-electron chi connectivity index (χ2n) is 5.65. The Balaban J connectivity index is 1.38. The summed E-state index contributed by atoms with van der Waals surface area (Å²) in [5, 5.41) is 0. The number of rotatable bonds is 7. The van der Waals surface area contributed by atoms with E-state index in [-0.39, 0.29) is 24.6 Å². The van der Waals surface area contributed by atoms with Crippen LogP contribution < -0.4 is 0 Å². The lowest BCUT2D eigenvalue weighted by molar-refractivity contribution is 0.00381. The minimum absolute atomic E-state index is 0.0214. The van der Waals surface area contributed by atoms with Crippen LogP contribution in [0.2, 0.25) is 0 Å². The first-order valence-electron chi connectivity index (χ1n) is 7.88. The van der Waals surface area contributed by atoms with Crippen LogP contribution in [0.4, 0.5) is 0 Å². The summed E-state index contributed by atoms with van der Waals surface area (Å²) in [7, 11) is 0. The molecule has 0 radical (unpaired) electrons. The van der Waals surface area contributed by atoms with E-state index in [0.29, 0.717) is 19.0 Å². The Hall–Kier alpha value is -1.37. The maximum atomic E-state index is 11.9. The van der Waals surface area contributed by atoms with Crippen molar-refractivity contribution in [3.63, 3.8) is 0 Å². The van der Waals surface area contributed by atoms with Crippen molar-refractivity contribution in [3.05, 3.63) is 23.7 Å². The zero-order chi connectivity index (χ0) is 15.2. The number of ether oxygens (including phenoxy) is 4. The van der Waals surface area contributed by atoms with Gasteiger partial charge in [0.2, 0.25) is 5.76 Å². The molecule has 122 valence electrons. The van der Waals surface area contributed by atoms with Gasteiger partial charge in [-0.2, -0.15) is 0 Å². The van der Waals surface area contributed by atoms with Crippen molar-refractivity contribution in [2.24, 2.45) is 0 Å². The minimum atomic E-state index is -0.458. The SMILES string of the molecule is O=C(OCC1CCCO1)c1ccc(COCC2CCCO2)o1. The Morgan fingerprint density at radius 1 is 1.09 bits per heavy atom. The fourth-order valence-electron chi connectivity index (χ4n) is 2.65. The van der Waals surface area contributed by atoms with Crippen LogP contribution in [0.15, 0.2) is 16.5 Å². The van der Waals surface area contributed by atoms with E-state index in [0.717, 1.165) is 38.9 Å². The van der Waals surface area contributed by atoms with Gasteiger partial charge in [0.05, 0.1) is 18.8 Å². The molecule has 2 aliphatic rings. The van der Waals surface area contributed by atoms with Gasteiger partial charge in [-0.1, -0.05) is 0 Å². The predicted molar refractivity (Wildman–Crippen MR) is 76.6 cm³/mol. The van der Waals surface area contributed by atoms with E-state index in [9.17, 15) is 4.79 Å². The van der Waals surface area contributed by atoms with Crippen molar-refractivity contribution < 1.29 is 28.2 Å². The molecule has 0 amide bonds. The van der Waals surface area contributed by atoms with Gasteiger partial charge in [-0.25, -0.2) is 4.79 Å². The van der Waals surface area contributed by atoms with Crippen molar-refractivity contribution in [1.82, 2.24) is 0 Å². The van der Waals surface area contributed by atoms with Gasteiger partial charge in [0.25, 0.3) is 0 Å². The molecule has 0 aliphatic carbocycles. The zero-order valence-corrected chi connectivity index (χ0v) is 12.6.